The summed E-state index contributed by atoms with van der Waals surface area (Å²) in [4.78, 5) is 0. The van der Waals surface area contributed by atoms with Gasteiger partial charge in [-0.2, -0.15) is 0 Å². The number of ether oxygens (including phenoxy) is 3. The van der Waals surface area contributed by atoms with Gasteiger partial charge in [0.25, 0.3) is 5.95 Å². The Morgan fingerprint density at radius 2 is 1.83 bits per heavy atom. The van der Waals surface area contributed by atoms with Gasteiger partial charge in [0.05, 0.1) is 13.2 Å². The van der Waals surface area contributed by atoms with E-state index in [1.165, 1.54) is 0 Å². The average Bonchev–Trinajstić information content (AvgIpc) is 2.06. The molecule has 0 spiro atoms. The summed E-state index contributed by atoms with van der Waals surface area (Å²) in [5, 5.41) is 0. The first-order chi connectivity index (χ1) is 5.85. The Labute approximate surface area is 76.5 Å². The summed E-state index contributed by atoms with van der Waals surface area (Å²) < 4.78 is 15.3. The number of methoxy groups -OCH3 is 1. The molecule has 0 N–H and O–H groups in total. The molecule has 2 radical (unpaired) electrons. The SMILES string of the molecule is CCOC(=C[Si]COC)OCC. The van der Waals surface area contributed by atoms with E-state index in [2.05, 4.69) is 0 Å². The van der Waals surface area contributed by atoms with Gasteiger partial charge >= 0.3 is 0 Å². The second kappa shape index (κ2) is 8.61. The van der Waals surface area contributed by atoms with Crippen LogP contribution in [0.5, 0.6) is 0 Å². The molecule has 0 aliphatic carbocycles. The van der Waals surface area contributed by atoms with Crippen molar-refractivity contribution in [2.45, 2.75) is 13.8 Å². The molecule has 0 aromatic carbocycles. The van der Waals surface area contributed by atoms with Crippen LogP contribution in [0.3, 0.4) is 0 Å². The van der Waals surface area contributed by atoms with Gasteiger partial charge in [-0.05, 0) is 19.5 Å². The zero-order valence-corrected chi connectivity index (χ0v) is 8.92. The predicted octanol–water partition coefficient (Wildman–Crippen LogP) is 1.17. The van der Waals surface area contributed by atoms with E-state index in [-0.39, 0.29) is 0 Å². The van der Waals surface area contributed by atoms with E-state index in [0.29, 0.717) is 28.7 Å². The van der Waals surface area contributed by atoms with Gasteiger partial charge in [0.2, 0.25) is 0 Å². The molecule has 0 aliphatic heterocycles. The highest BCUT2D eigenvalue weighted by Crippen LogP contribution is 1.97. The van der Waals surface area contributed by atoms with Crippen LogP contribution >= 0.6 is 0 Å². The van der Waals surface area contributed by atoms with Gasteiger partial charge in [0, 0.05) is 13.3 Å². The van der Waals surface area contributed by atoms with Crippen molar-refractivity contribution in [3.8, 4) is 0 Å². The van der Waals surface area contributed by atoms with Crippen molar-refractivity contribution < 1.29 is 14.2 Å². The molecule has 0 aromatic heterocycles. The van der Waals surface area contributed by atoms with E-state index in [1.807, 2.05) is 19.5 Å². The van der Waals surface area contributed by atoms with Crippen LogP contribution in [0.25, 0.3) is 0 Å². The molecule has 0 bridgehead atoms. The minimum absolute atomic E-state index is 0.598. The first kappa shape index (κ1) is 11.5. The lowest BCUT2D eigenvalue weighted by Crippen LogP contribution is -2.03. The molecule has 12 heavy (non-hydrogen) atoms. The molecule has 0 rings (SSSR count). The van der Waals surface area contributed by atoms with Crippen LogP contribution < -0.4 is 0 Å². The van der Waals surface area contributed by atoms with Crippen molar-refractivity contribution in [2.24, 2.45) is 0 Å². The van der Waals surface area contributed by atoms with Gasteiger partial charge in [-0.3, -0.25) is 0 Å². The number of rotatable bonds is 7. The lowest BCUT2D eigenvalue weighted by atomic mass is 10.8. The summed E-state index contributed by atoms with van der Waals surface area (Å²) >= 11 is 0. The molecule has 0 unspecified atom stereocenters. The molecular weight excluding hydrogens is 172 g/mol. The van der Waals surface area contributed by atoms with E-state index in [4.69, 9.17) is 14.2 Å². The third kappa shape index (κ3) is 6.24. The van der Waals surface area contributed by atoms with E-state index in [9.17, 15) is 0 Å². The second-order valence-corrected chi connectivity index (χ2v) is 2.95. The first-order valence-corrected chi connectivity index (χ1v) is 5.31. The Morgan fingerprint density at radius 1 is 1.25 bits per heavy atom. The van der Waals surface area contributed by atoms with Crippen molar-refractivity contribution in [1.29, 1.82) is 0 Å². The third-order valence-corrected chi connectivity index (χ3v) is 1.92. The zero-order valence-electron chi connectivity index (χ0n) is 7.92. The normalized spacial score (nSPS) is 9.25. The fourth-order valence-corrected chi connectivity index (χ4v) is 1.20. The largest absolute Gasteiger partial charge is 0.466 e. The average molecular weight is 188 g/mol. The highest BCUT2D eigenvalue weighted by Gasteiger charge is 1.95. The maximum Gasteiger partial charge on any atom is 0.270 e. The van der Waals surface area contributed by atoms with Crippen LogP contribution in [0.1, 0.15) is 13.8 Å². The minimum Gasteiger partial charge on any atom is -0.466 e. The van der Waals surface area contributed by atoms with Crippen LogP contribution in [0, 0.1) is 0 Å². The van der Waals surface area contributed by atoms with E-state index < -0.39 is 0 Å². The molecule has 0 fully saturated rings. The quantitative estimate of drug-likeness (QED) is 0.341. The number of hydrogen-bond acceptors (Lipinski definition) is 3. The predicted molar refractivity (Wildman–Crippen MR) is 49.0 cm³/mol. The summed E-state index contributed by atoms with van der Waals surface area (Å²) in [7, 11) is 2.28. The number of hydrogen-bond donors (Lipinski definition) is 0. The summed E-state index contributed by atoms with van der Waals surface area (Å²) in [6.45, 7) is 5.16. The van der Waals surface area contributed by atoms with Crippen molar-refractivity contribution in [1.82, 2.24) is 0 Å². The molecule has 0 saturated heterocycles. The van der Waals surface area contributed by atoms with Crippen LogP contribution in [0.4, 0.5) is 0 Å². The first-order valence-electron chi connectivity index (χ1n) is 4.03. The summed E-state index contributed by atoms with van der Waals surface area (Å²) in [6, 6.07) is 0. The van der Waals surface area contributed by atoms with Crippen molar-refractivity contribution in [3.63, 3.8) is 0 Å². The molecule has 0 saturated carbocycles. The standard InChI is InChI=1S/C8H16O3Si/c1-4-10-8(11-5-2)6-12-7-9-3/h6H,4-5,7H2,1-3H3. The summed E-state index contributed by atoms with van der Waals surface area (Å²) in [5.41, 5.74) is 1.93. The lowest BCUT2D eigenvalue weighted by Gasteiger charge is -2.07. The second-order valence-electron chi connectivity index (χ2n) is 1.97. The molecular formula is C8H16O3Si. The van der Waals surface area contributed by atoms with Crippen LogP contribution in [-0.4, -0.2) is 36.1 Å². The Kier molecular flexibility index (Phi) is 8.27. The Bertz CT molecular complexity index is 117. The molecule has 0 heterocycles. The molecule has 70 valence electrons. The van der Waals surface area contributed by atoms with Crippen molar-refractivity contribution >= 4 is 9.52 Å². The van der Waals surface area contributed by atoms with Crippen molar-refractivity contribution in [2.75, 3.05) is 26.6 Å². The molecule has 3 nitrogen and oxygen atoms in total. The van der Waals surface area contributed by atoms with Gasteiger partial charge in [0.1, 0.15) is 9.52 Å². The van der Waals surface area contributed by atoms with E-state index in [0.717, 1.165) is 6.23 Å². The fourth-order valence-electron chi connectivity index (χ4n) is 0.618. The Hall–Kier alpha value is -0.483. The van der Waals surface area contributed by atoms with Crippen LogP contribution in [0.2, 0.25) is 0 Å². The monoisotopic (exact) mass is 188 g/mol. The molecule has 0 amide bonds. The summed E-state index contributed by atoms with van der Waals surface area (Å²) in [6.07, 6.45) is 0.726. The Morgan fingerprint density at radius 3 is 2.25 bits per heavy atom. The molecule has 0 aromatic rings. The molecule has 0 atom stereocenters. The fraction of sp³-hybridized carbons (Fsp3) is 0.750. The van der Waals surface area contributed by atoms with Crippen LogP contribution in [0.15, 0.2) is 11.6 Å². The maximum absolute atomic E-state index is 5.22. The van der Waals surface area contributed by atoms with Gasteiger partial charge in [0.15, 0.2) is 0 Å². The minimum atomic E-state index is 0.598. The smallest absolute Gasteiger partial charge is 0.270 e. The maximum atomic E-state index is 5.22. The lowest BCUT2D eigenvalue weighted by molar-refractivity contribution is 0.0475. The van der Waals surface area contributed by atoms with E-state index >= 15 is 0 Å². The summed E-state index contributed by atoms with van der Waals surface area (Å²) in [5.74, 6) is 0.621. The Balaban J connectivity index is 3.64. The molecule has 0 aliphatic rings. The van der Waals surface area contributed by atoms with Crippen molar-refractivity contribution in [3.05, 3.63) is 11.6 Å². The third-order valence-electron chi connectivity index (χ3n) is 1.02. The highest BCUT2D eigenvalue weighted by atomic mass is 28.2. The topological polar surface area (TPSA) is 27.7 Å². The zero-order chi connectivity index (χ0) is 9.23. The highest BCUT2D eigenvalue weighted by molar-refractivity contribution is 6.41. The van der Waals surface area contributed by atoms with Gasteiger partial charge < -0.3 is 14.2 Å². The van der Waals surface area contributed by atoms with Crippen LogP contribution in [-0.2, 0) is 14.2 Å². The van der Waals surface area contributed by atoms with Gasteiger partial charge in [-0.1, -0.05) is 0 Å². The van der Waals surface area contributed by atoms with E-state index in [1.54, 1.807) is 7.11 Å². The van der Waals surface area contributed by atoms with Gasteiger partial charge in [-0.25, -0.2) is 0 Å². The molecule has 4 heteroatoms. The van der Waals surface area contributed by atoms with Gasteiger partial charge in [-0.15, -0.1) is 0 Å².